The number of fused-ring (bicyclic) bond motifs is 1. The zero-order chi connectivity index (χ0) is 19.1. The summed E-state index contributed by atoms with van der Waals surface area (Å²) in [5.74, 6) is -2.00. The lowest BCUT2D eigenvalue weighted by Crippen LogP contribution is -2.52. The molecule has 1 atom stereocenters. The van der Waals surface area contributed by atoms with Crippen molar-refractivity contribution in [3.63, 3.8) is 0 Å². The molecule has 0 aliphatic carbocycles. The Kier molecular flexibility index (Phi) is 3.99. The van der Waals surface area contributed by atoms with Gasteiger partial charge in [0, 0.05) is 18.5 Å². The van der Waals surface area contributed by atoms with Crippen molar-refractivity contribution < 1.29 is 24.3 Å². The van der Waals surface area contributed by atoms with Gasteiger partial charge in [0.2, 0.25) is 11.8 Å². The lowest BCUT2D eigenvalue weighted by Gasteiger charge is -2.29. The number of hydrogen-bond donors (Lipinski definition) is 2. The summed E-state index contributed by atoms with van der Waals surface area (Å²) in [6, 6.07) is 11.3. The van der Waals surface area contributed by atoms with E-state index in [9.17, 15) is 19.2 Å². The highest BCUT2D eigenvalue weighted by atomic mass is 16.4. The molecule has 136 valence electrons. The third-order valence-electron chi connectivity index (χ3n) is 4.97. The van der Waals surface area contributed by atoms with E-state index in [4.69, 9.17) is 5.11 Å². The van der Waals surface area contributed by atoms with Gasteiger partial charge in [0.25, 0.3) is 5.91 Å². The standard InChI is InChI=1S/C20H16N2O5/c23-17-7-6-16(18(24)21-17)22-10-14-9-12(4-5-15(14)19(22)25)11-2-1-3-13(8-11)20(26)27/h1-5,8-9,16H,6-7,10H2,(H,26,27)(H,21,23,24). The number of carboxylic acids is 1. The van der Waals surface area contributed by atoms with E-state index in [1.165, 1.54) is 11.0 Å². The Balaban J connectivity index is 1.63. The molecule has 7 heteroatoms. The fourth-order valence-corrected chi connectivity index (χ4v) is 3.59. The molecule has 27 heavy (non-hydrogen) atoms. The van der Waals surface area contributed by atoms with Crippen molar-refractivity contribution in [1.29, 1.82) is 0 Å². The topological polar surface area (TPSA) is 104 Å². The first-order chi connectivity index (χ1) is 12.9. The van der Waals surface area contributed by atoms with E-state index in [0.717, 1.165) is 16.7 Å². The summed E-state index contributed by atoms with van der Waals surface area (Å²) in [5, 5.41) is 11.4. The SMILES string of the molecule is O=C1CCC(N2Cc3cc(-c4cccc(C(=O)O)c4)ccc3C2=O)C(=O)N1. The van der Waals surface area contributed by atoms with Crippen LogP contribution in [0.2, 0.25) is 0 Å². The van der Waals surface area contributed by atoms with Gasteiger partial charge in [0.1, 0.15) is 6.04 Å². The molecule has 2 aromatic rings. The predicted octanol–water partition coefficient (Wildman–Crippen LogP) is 1.81. The van der Waals surface area contributed by atoms with Crippen LogP contribution in [0.3, 0.4) is 0 Å². The molecule has 2 aliphatic rings. The number of piperidine rings is 1. The van der Waals surface area contributed by atoms with Crippen LogP contribution in [0.25, 0.3) is 11.1 Å². The van der Waals surface area contributed by atoms with Crippen molar-refractivity contribution in [3.8, 4) is 11.1 Å². The summed E-state index contributed by atoms with van der Waals surface area (Å²) < 4.78 is 0. The molecular formula is C20H16N2O5. The Bertz CT molecular complexity index is 998. The third-order valence-corrected chi connectivity index (χ3v) is 4.97. The second-order valence-electron chi connectivity index (χ2n) is 6.66. The first-order valence-electron chi connectivity index (χ1n) is 8.55. The fraction of sp³-hybridized carbons (Fsp3) is 0.200. The van der Waals surface area contributed by atoms with E-state index in [0.29, 0.717) is 12.0 Å². The van der Waals surface area contributed by atoms with Crippen LogP contribution in [0.4, 0.5) is 0 Å². The summed E-state index contributed by atoms with van der Waals surface area (Å²) in [6.45, 7) is 0.285. The van der Waals surface area contributed by atoms with Crippen molar-refractivity contribution in [2.24, 2.45) is 0 Å². The number of benzene rings is 2. The van der Waals surface area contributed by atoms with Crippen LogP contribution in [0.1, 0.15) is 39.1 Å². The maximum absolute atomic E-state index is 12.7. The molecule has 1 fully saturated rings. The summed E-state index contributed by atoms with van der Waals surface area (Å²) in [4.78, 5) is 48.8. The number of nitrogens with one attached hydrogen (secondary N) is 1. The predicted molar refractivity (Wildman–Crippen MR) is 94.9 cm³/mol. The van der Waals surface area contributed by atoms with Crippen LogP contribution in [0, 0.1) is 0 Å². The van der Waals surface area contributed by atoms with Crippen LogP contribution >= 0.6 is 0 Å². The second-order valence-corrected chi connectivity index (χ2v) is 6.66. The average molecular weight is 364 g/mol. The average Bonchev–Trinajstić information content (AvgIpc) is 2.98. The van der Waals surface area contributed by atoms with Crippen molar-refractivity contribution >= 4 is 23.7 Å². The van der Waals surface area contributed by atoms with Gasteiger partial charge in [-0.3, -0.25) is 19.7 Å². The number of amides is 3. The van der Waals surface area contributed by atoms with Gasteiger partial charge in [-0.1, -0.05) is 18.2 Å². The molecule has 1 saturated heterocycles. The number of nitrogens with zero attached hydrogens (tertiary/aromatic N) is 1. The van der Waals surface area contributed by atoms with Crippen LogP contribution in [-0.4, -0.2) is 39.7 Å². The second kappa shape index (κ2) is 6.35. The molecule has 2 aromatic carbocycles. The molecule has 2 aliphatic heterocycles. The summed E-state index contributed by atoms with van der Waals surface area (Å²) in [5.41, 5.74) is 3.04. The fourth-order valence-electron chi connectivity index (χ4n) is 3.59. The van der Waals surface area contributed by atoms with Crippen LogP contribution in [0.15, 0.2) is 42.5 Å². The molecule has 7 nitrogen and oxygen atoms in total. The van der Waals surface area contributed by atoms with E-state index in [1.54, 1.807) is 24.3 Å². The molecule has 1 unspecified atom stereocenters. The van der Waals surface area contributed by atoms with Gasteiger partial charge < -0.3 is 10.0 Å². The Morgan fingerprint density at radius 1 is 1.07 bits per heavy atom. The zero-order valence-corrected chi connectivity index (χ0v) is 14.3. The van der Waals surface area contributed by atoms with Crippen LogP contribution < -0.4 is 5.32 Å². The van der Waals surface area contributed by atoms with Gasteiger partial charge in [-0.15, -0.1) is 0 Å². The Labute approximate surface area is 154 Å². The van der Waals surface area contributed by atoms with Gasteiger partial charge in [-0.25, -0.2) is 4.79 Å². The maximum Gasteiger partial charge on any atom is 0.335 e. The molecule has 0 saturated carbocycles. The van der Waals surface area contributed by atoms with E-state index < -0.39 is 17.9 Å². The minimum atomic E-state index is -1.00. The number of hydrogen-bond acceptors (Lipinski definition) is 4. The Hall–Kier alpha value is -3.48. The highest BCUT2D eigenvalue weighted by molar-refractivity contribution is 6.05. The summed E-state index contributed by atoms with van der Waals surface area (Å²) in [7, 11) is 0. The number of rotatable bonds is 3. The summed E-state index contributed by atoms with van der Waals surface area (Å²) in [6.07, 6.45) is 0.529. The van der Waals surface area contributed by atoms with Crippen LogP contribution in [-0.2, 0) is 16.1 Å². The number of carbonyl (C=O) groups is 4. The molecule has 0 radical (unpaired) electrons. The Morgan fingerprint density at radius 3 is 2.59 bits per heavy atom. The van der Waals surface area contributed by atoms with Crippen molar-refractivity contribution in [2.45, 2.75) is 25.4 Å². The third kappa shape index (κ3) is 2.97. The first-order valence-corrected chi connectivity index (χ1v) is 8.55. The largest absolute Gasteiger partial charge is 0.478 e. The normalized spacial score (nSPS) is 19.0. The van der Waals surface area contributed by atoms with E-state index in [-0.39, 0.29) is 30.3 Å². The quantitative estimate of drug-likeness (QED) is 0.809. The van der Waals surface area contributed by atoms with Gasteiger partial charge in [-0.2, -0.15) is 0 Å². The van der Waals surface area contributed by atoms with Crippen LogP contribution in [0.5, 0.6) is 0 Å². The molecule has 2 N–H and O–H groups in total. The molecule has 4 rings (SSSR count). The number of aromatic carboxylic acids is 1. The van der Waals surface area contributed by atoms with Gasteiger partial charge in [0.05, 0.1) is 5.56 Å². The molecule has 3 amide bonds. The van der Waals surface area contributed by atoms with Gasteiger partial charge >= 0.3 is 5.97 Å². The van der Waals surface area contributed by atoms with Gasteiger partial charge in [0.15, 0.2) is 0 Å². The lowest BCUT2D eigenvalue weighted by molar-refractivity contribution is -0.136. The maximum atomic E-state index is 12.7. The lowest BCUT2D eigenvalue weighted by atomic mass is 9.99. The first kappa shape index (κ1) is 17.0. The van der Waals surface area contributed by atoms with Crippen molar-refractivity contribution in [1.82, 2.24) is 10.2 Å². The minimum Gasteiger partial charge on any atom is -0.478 e. The number of imide groups is 1. The monoisotopic (exact) mass is 364 g/mol. The van der Waals surface area contributed by atoms with Crippen molar-refractivity contribution in [3.05, 3.63) is 59.2 Å². The molecule has 0 aromatic heterocycles. The zero-order valence-electron chi connectivity index (χ0n) is 14.3. The molecule has 0 spiro atoms. The highest BCUT2D eigenvalue weighted by Gasteiger charge is 2.39. The smallest absolute Gasteiger partial charge is 0.335 e. The summed E-state index contributed by atoms with van der Waals surface area (Å²) >= 11 is 0. The van der Waals surface area contributed by atoms with Gasteiger partial charge in [-0.05, 0) is 47.4 Å². The molecule has 0 bridgehead atoms. The molecular weight excluding hydrogens is 348 g/mol. The van der Waals surface area contributed by atoms with E-state index in [1.807, 2.05) is 12.1 Å². The van der Waals surface area contributed by atoms with E-state index >= 15 is 0 Å². The molecule has 2 heterocycles. The Morgan fingerprint density at radius 2 is 1.85 bits per heavy atom. The number of carbonyl (C=O) groups excluding carboxylic acids is 3. The minimum absolute atomic E-state index is 0.189. The number of carboxylic acid groups (broad SMARTS) is 1. The van der Waals surface area contributed by atoms with E-state index in [2.05, 4.69) is 5.32 Å². The highest BCUT2D eigenvalue weighted by Crippen LogP contribution is 2.31. The van der Waals surface area contributed by atoms with Crippen molar-refractivity contribution in [2.75, 3.05) is 0 Å².